The fraction of sp³-hybridized carbons (Fsp3) is 0.636. The van der Waals surface area contributed by atoms with Crippen molar-refractivity contribution in [3.05, 3.63) is 21.9 Å². The van der Waals surface area contributed by atoms with E-state index in [9.17, 15) is 0 Å². The van der Waals surface area contributed by atoms with Crippen LogP contribution < -0.4 is 5.73 Å². The Morgan fingerprint density at radius 1 is 1.50 bits per heavy atom. The highest BCUT2D eigenvalue weighted by atomic mass is 32.1. The molecule has 80 valence electrons. The Morgan fingerprint density at radius 3 is 2.86 bits per heavy atom. The topological polar surface area (TPSA) is 35.2 Å². The van der Waals surface area contributed by atoms with Crippen LogP contribution in [0.3, 0.4) is 0 Å². The van der Waals surface area contributed by atoms with Gasteiger partial charge in [0, 0.05) is 24.1 Å². The van der Waals surface area contributed by atoms with E-state index in [-0.39, 0.29) is 6.04 Å². The van der Waals surface area contributed by atoms with Gasteiger partial charge in [0.25, 0.3) is 0 Å². The summed E-state index contributed by atoms with van der Waals surface area (Å²) in [5.41, 5.74) is 7.26. The summed E-state index contributed by atoms with van der Waals surface area (Å²) in [6.45, 7) is 5.83. The predicted octanol–water partition coefficient (Wildman–Crippen LogP) is 2.87. The zero-order valence-electron chi connectivity index (χ0n) is 8.95. The molecule has 0 saturated carbocycles. The van der Waals surface area contributed by atoms with Crippen LogP contribution in [0.25, 0.3) is 0 Å². The molecule has 0 amide bonds. The smallest absolute Gasteiger partial charge is 0.0484 e. The molecule has 3 heteroatoms. The Balaban J connectivity index is 2.25. The van der Waals surface area contributed by atoms with Gasteiger partial charge in [0.15, 0.2) is 0 Å². The van der Waals surface area contributed by atoms with Crippen molar-refractivity contribution in [3.8, 4) is 0 Å². The SMILES string of the molecule is CCCOCCC(N)c1csc(C)c1. The number of hydrogen-bond donors (Lipinski definition) is 1. The number of thiophene rings is 1. The first-order valence-corrected chi connectivity index (χ1v) is 6.00. The van der Waals surface area contributed by atoms with Gasteiger partial charge >= 0.3 is 0 Å². The molecule has 1 atom stereocenters. The van der Waals surface area contributed by atoms with E-state index < -0.39 is 0 Å². The molecule has 0 saturated heterocycles. The standard InChI is InChI=1S/C11H19NOS/c1-3-5-13-6-4-11(12)10-7-9(2)14-8-10/h7-8,11H,3-6,12H2,1-2H3. The molecule has 0 radical (unpaired) electrons. The monoisotopic (exact) mass is 213 g/mol. The number of ether oxygens (including phenoxy) is 1. The second kappa shape index (κ2) is 6.17. The van der Waals surface area contributed by atoms with E-state index >= 15 is 0 Å². The second-order valence-corrected chi connectivity index (χ2v) is 4.61. The van der Waals surface area contributed by atoms with Gasteiger partial charge in [-0.2, -0.15) is 0 Å². The molecular formula is C11H19NOS. The molecule has 0 fully saturated rings. The van der Waals surface area contributed by atoms with Crippen LogP contribution in [0.15, 0.2) is 11.4 Å². The van der Waals surface area contributed by atoms with Gasteiger partial charge in [-0.1, -0.05) is 6.92 Å². The highest BCUT2D eigenvalue weighted by Gasteiger charge is 2.06. The molecule has 0 aliphatic heterocycles. The van der Waals surface area contributed by atoms with Gasteiger partial charge in [-0.3, -0.25) is 0 Å². The molecule has 0 bridgehead atoms. The van der Waals surface area contributed by atoms with Gasteiger partial charge in [-0.05, 0) is 36.8 Å². The maximum absolute atomic E-state index is 6.02. The number of nitrogens with two attached hydrogens (primary N) is 1. The Hall–Kier alpha value is -0.380. The van der Waals surface area contributed by atoms with Crippen LogP contribution in [-0.2, 0) is 4.74 Å². The lowest BCUT2D eigenvalue weighted by molar-refractivity contribution is 0.128. The van der Waals surface area contributed by atoms with E-state index in [1.54, 1.807) is 11.3 Å². The number of hydrogen-bond acceptors (Lipinski definition) is 3. The van der Waals surface area contributed by atoms with E-state index in [2.05, 4.69) is 25.3 Å². The number of aryl methyl sites for hydroxylation is 1. The van der Waals surface area contributed by atoms with Crippen LogP contribution in [-0.4, -0.2) is 13.2 Å². The summed E-state index contributed by atoms with van der Waals surface area (Å²) in [5, 5.41) is 2.14. The average Bonchev–Trinajstić information content (AvgIpc) is 2.59. The molecule has 0 aliphatic rings. The highest BCUT2D eigenvalue weighted by molar-refractivity contribution is 7.10. The van der Waals surface area contributed by atoms with Gasteiger partial charge in [0.2, 0.25) is 0 Å². The van der Waals surface area contributed by atoms with Crippen molar-refractivity contribution >= 4 is 11.3 Å². The molecule has 1 aromatic rings. The fourth-order valence-electron chi connectivity index (χ4n) is 1.28. The largest absolute Gasteiger partial charge is 0.381 e. The molecule has 0 aliphatic carbocycles. The van der Waals surface area contributed by atoms with Gasteiger partial charge in [0.05, 0.1) is 0 Å². The Bertz CT molecular complexity index is 260. The van der Waals surface area contributed by atoms with Crippen molar-refractivity contribution in [2.45, 2.75) is 32.7 Å². The van der Waals surface area contributed by atoms with E-state index in [0.717, 1.165) is 26.1 Å². The Kier molecular flexibility index (Phi) is 5.15. The van der Waals surface area contributed by atoms with Crippen LogP contribution in [0.5, 0.6) is 0 Å². The summed E-state index contributed by atoms with van der Waals surface area (Å²) in [5.74, 6) is 0. The third-order valence-corrected chi connectivity index (χ3v) is 2.98. The Labute approximate surface area is 90.1 Å². The lowest BCUT2D eigenvalue weighted by Crippen LogP contribution is -2.12. The van der Waals surface area contributed by atoms with E-state index in [1.807, 2.05) is 0 Å². The first-order valence-electron chi connectivity index (χ1n) is 5.12. The normalized spacial score (nSPS) is 13.1. The molecule has 1 rings (SSSR count). The summed E-state index contributed by atoms with van der Waals surface area (Å²) >= 11 is 1.76. The first kappa shape index (κ1) is 11.7. The van der Waals surface area contributed by atoms with Crippen molar-refractivity contribution < 1.29 is 4.74 Å². The van der Waals surface area contributed by atoms with Gasteiger partial charge in [-0.15, -0.1) is 11.3 Å². The molecule has 2 N–H and O–H groups in total. The molecular weight excluding hydrogens is 194 g/mol. The minimum absolute atomic E-state index is 0.136. The van der Waals surface area contributed by atoms with Gasteiger partial charge < -0.3 is 10.5 Å². The third-order valence-electron chi connectivity index (χ3n) is 2.10. The van der Waals surface area contributed by atoms with Crippen molar-refractivity contribution in [1.29, 1.82) is 0 Å². The first-order chi connectivity index (χ1) is 6.74. The van der Waals surface area contributed by atoms with Crippen molar-refractivity contribution in [1.82, 2.24) is 0 Å². The lowest BCUT2D eigenvalue weighted by atomic mass is 10.1. The van der Waals surface area contributed by atoms with Gasteiger partial charge in [0.1, 0.15) is 0 Å². The van der Waals surface area contributed by atoms with Crippen LogP contribution in [0.1, 0.15) is 36.2 Å². The average molecular weight is 213 g/mol. The summed E-state index contributed by atoms with van der Waals surface area (Å²) < 4.78 is 5.41. The van der Waals surface area contributed by atoms with Crippen LogP contribution >= 0.6 is 11.3 Å². The molecule has 0 spiro atoms. The summed E-state index contributed by atoms with van der Waals surface area (Å²) in [4.78, 5) is 1.32. The van der Waals surface area contributed by atoms with Crippen LogP contribution in [0.2, 0.25) is 0 Å². The second-order valence-electron chi connectivity index (χ2n) is 3.50. The molecule has 1 aromatic heterocycles. The molecule has 1 heterocycles. The fourth-order valence-corrected chi connectivity index (χ4v) is 2.05. The summed E-state index contributed by atoms with van der Waals surface area (Å²) in [6, 6.07) is 2.30. The quantitative estimate of drug-likeness (QED) is 0.737. The maximum Gasteiger partial charge on any atom is 0.0484 e. The number of rotatable bonds is 6. The lowest BCUT2D eigenvalue weighted by Gasteiger charge is -2.09. The summed E-state index contributed by atoms with van der Waals surface area (Å²) in [7, 11) is 0. The zero-order valence-corrected chi connectivity index (χ0v) is 9.77. The van der Waals surface area contributed by atoms with E-state index in [4.69, 9.17) is 10.5 Å². The van der Waals surface area contributed by atoms with E-state index in [1.165, 1.54) is 10.4 Å². The van der Waals surface area contributed by atoms with E-state index in [0.29, 0.717) is 0 Å². The molecule has 1 unspecified atom stereocenters. The van der Waals surface area contributed by atoms with Crippen molar-refractivity contribution in [2.75, 3.05) is 13.2 Å². The third kappa shape index (κ3) is 3.78. The van der Waals surface area contributed by atoms with Crippen molar-refractivity contribution in [2.24, 2.45) is 5.73 Å². The minimum Gasteiger partial charge on any atom is -0.381 e. The molecule has 0 aromatic carbocycles. The molecule has 14 heavy (non-hydrogen) atoms. The zero-order chi connectivity index (χ0) is 10.4. The predicted molar refractivity (Wildman–Crippen MR) is 61.7 cm³/mol. The molecule has 2 nitrogen and oxygen atoms in total. The van der Waals surface area contributed by atoms with Crippen LogP contribution in [0, 0.1) is 6.92 Å². The minimum atomic E-state index is 0.136. The summed E-state index contributed by atoms with van der Waals surface area (Å²) in [6.07, 6.45) is 1.99. The van der Waals surface area contributed by atoms with Crippen LogP contribution in [0.4, 0.5) is 0 Å². The highest BCUT2D eigenvalue weighted by Crippen LogP contribution is 2.20. The van der Waals surface area contributed by atoms with Gasteiger partial charge in [-0.25, -0.2) is 0 Å². The van der Waals surface area contributed by atoms with Crippen molar-refractivity contribution in [3.63, 3.8) is 0 Å². The maximum atomic E-state index is 6.02. The Morgan fingerprint density at radius 2 is 2.29 bits per heavy atom.